The Hall–Kier alpha value is -2.68. The fraction of sp³-hybridized carbons (Fsp3) is 0.481. The molecule has 2 saturated heterocycles. The molecular weight excluding hydrogens is 458 g/mol. The Kier molecular flexibility index (Phi) is 5.32. The number of aromatic nitrogens is 2. The number of aryl methyl sites for hydroxylation is 2. The van der Waals surface area contributed by atoms with Gasteiger partial charge in [-0.05, 0) is 55.0 Å². The minimum absolute atomic E-state index is 0.0255. The van der Waals surface area contributed by atoms with Gasteiger partial charge in [0.1, 0.15) is 0 Å². The molecule has 35 heavy (non-hydrogen) atoms. The van der Waals surface area contributed by atoms with Crippen molar-refractivity contribution >= 4 is 33.4 Å². The Morgan fingerprint density at radius 3 is 2.63 bits per heavy atom. The van der Waals surface area contributed by atoms with Crippen molar-refractivity contribution in [3.63, 3.8) is 0 Å². The molecule has 3 aromatic heterocycles. The number of thiophene rings is 1. The first-order valence-corrected chi connectivity index (χ1v) is 13.2. The first-order chi connectivity index (χ1) is 16.8. The lowest BCUT2D eigenvalue weighted by molar-refractivity contribution is -0.143. The number of hydrogen-bond acceptors (Lipinski definition) is 7. The van der Waals surface area contributed by atoms with Crippen LogP contribution in [0.2, 0.25) is 0 Å². The Labute approximate surface area is 209 Å². The monoisotopic (exact) mass is 489 g/mol. The van der Waals surface area contributed by atoms with Crippen LogP contribution in [0.1, 0.15) is 35.5 Å². The van der Waals surface area contributed by atoms with Gasteiger partial charge in [0.25, 0.3) is 0 Å². The lowest BCUT2D eigenvalue weighted by Crippen LogP contribution is -2.49. The van der Waals surface area contributed by atoms with Gasteiger partial charge in [-0.15, -0.1) is 11.3 Å². The zero-order valence-electron chi connectivity index (χ0n) is 20.6. The van der Waals surface area contributed by atoms with Crippen molar-refractivity contribution in [2.24, 2.45) is 17.3 Å². The van der Waals surface area contributed by atoms with Crippen molar-refractivity contribution in [2.45, 2.75) is 46.7 Å². The van der Waals surface area contributed by atoms with Crippen LogP contribution in [0.3, 0.4) is 0 Å². The van der Waals surface area contributed by atoms with Crippen molar-refractivity contribution in [2.75, 3.05) is 19.6 Å². The van der Waals surface area contributed by atoms with Crippen LogP contribution in [0.15, 0.2) is 24.4 Å². The molecule has 0 bridgehead atoms. The molecule has 3 unspecified atom stereocenters. The number of imide groups is 1. The van der Waals surface area contributed by atoms with Crippen LogP contribution in [-0.4, -0.2) is 52.4 Å². The standard InChI is InChI=1S/C27H31N5O2S/c1-14-9-15(2)31-23(19(14)10-16-12-28-7-8-29-16)18-5-6-30-20-11-17(35-24(18)20)13-32-25(33)21-22(26(32)34)27(21,3)4/h5-6,9,11,16,21-22,28-29H,7-8,10,12-13H2,1-4H3. The largest absolute Gasteiger partial charge is 0.314 e. The van der Waals surface area contributed by atoms with Gasteiger partial charge in [0.05, 0.1) is 34.3 Å². The molecule has 2 amide bonds. The number of fused-ring (bicyclic) bond motifs is 2. The highest BCUT2D eigenvalue weighted by atomic mass is 32.1. The van der Waals surface area contributed by atoms with Crippen LogP contribution in [0.5, 0.6) is 0 Å². The summed E-state index contributed by atoms with van der Waals surface area (Å²) in [5, 5.41) is 7.10. The zero-order chi connectivity index (χ0) is 24.5. The van der Waals surface area contributed by atoms with Gasteiger partial charge in [-0.3, -0.25) is 24.5 Å². The molecule has 2 N–H and O–H groups in total. The summed E-state index contributed by atoms with van der Waals surface area (Å²) < 4.78 is 1.06. The molecular formula is C27H31N5O2S. The third kappa shape index (κ3) is 3.70. The molecule has 3 aliphatic rings. The number of carbonyl (C=O) groups is 2. The molecule has 182 valence electrons. The van der Waals surface area contributed by atoms with Gasteiger partial charge < -0.3 is 10.6 Å². The van der Waals surface area contributed by atoms with Crippen molar-refractivity contribution in [1.82, 2.24) is 25.5 Å². The average Bonchev–Trinajstić information content (AvgIpc) is 3.07. The van der Waals surface area contributed by atoms with E-state index in [4.69, 9.17) is 4.98 Å². The third-order valence-corrected chi connectivity index (χ3v) is 9.12. The summed E-state index contributed by atoms with van der Waals surface area (Å²) in [6.07, 6.45) is 2.74. The van der Waals surface area contributed by atoms with Crippen molar-refractivity contribution < 1.29 is 9.59 Å². The van der Waals surface area contributed by atoms with E-state index in [1.165, 1.54) is 16.0 Å². The van der Waals surface area contributed by atoms with E-state index in [9.17, 15) is 9.59 Å². The molecule has 3 fully saturated rings. The normalized spacial score (nSPS) is 25.4. The van der Waals surface area contributed by atoms with E-state index in [1.807, 2.05) is 39.1 Å². The van der Waals surface area contributed by atoms with Crippen LogP contribution in [-0.2, 0) is 22.6 Å². The number of nitrogens with zero attached hydrogens (tertiary/aromatic N) is 3. The summed E-state index contributed by atoms with van der Waals surface area (Å²) in [5.74, 6) is -0.351. The van der Waals surface area contributed by atoms with E-state index in [0.29, 0.717) is 12.6 Å². The van der Waals surface area contributed by atoms with Crippen molar-refractivity contribution in [1.29, 1.82) is 0 Å². The molecule has 6 rings (SSSR count). The maximum Gasteiger partial charge on any atom is 0.234 e. The van der Waals surface area contributed by atoms with Crippen LogP contribution in [0.25, 0.3) is 21.5 Å². The highest BCUT2D eigenvalue weighted by Gasteiger charge is 2.72. The predicted octanol–water partition coefficient (Wildman–Crippen LogP) is 3.22. The zero-order valence-corrected chi connectivity index (χ0v) is 21.5. The molecule has 0 spiro atoms. The van der Waals surface area contributed by atoms with Gasteiger partial charge in [-0.1, -0.05) is 13.8 Å². The van der Waals surface area contributed by atoms with Gasteiger partial charge in [0, 0.05) is 48.0 Å². The second-order valence-corrected chi connectivity index (χ2v) is 11.9. The molecule has 3 atom stereocenters. The van der Waals surface area contributed by atoms with Gasteiger partial charge in [0.15, 0.2) is 0 Å². The maximum absolute atomic E-state index is 12.9. The van der Waals surface area contributed by atoms with Crippen molar-refractivity contribution in [3.05, 3.63) is 46.1 Å². The third-order valence-electron chi connectivity index (χ3n) is 7.97. The van der Waals surface area contributed by atoms with E-state index in [-0.39, 0.29) is 29.1 Å². The highest BCUT2D eigenvalue weighted by Crippen LogP contribution is 2.63. The summed E-state index contributed by atoms with van der Waals surface area (Å²) >= 11 is 1.62. The summed E-state index contributed by atoms with van der Waals surface area (Å²) in [4.78, 5) is 37.8. The number of likely N-dealkylation sites (tertiary alicyclic amines) is 1. The molecule has 0 aromatic carbocycles. The quantitative estimate of drug-likeness (QED) is 0.535. The van der Waals surface area contributed by atoms with E-state index in [0.717, 1.165) is 58.1 Å². The van der Waals surface area contributed by atoms with Gasteiger partial charge in [-0.2, -0.15) is 0 Å². The Morgan fingerprint density at radius 1 is 1.14 bits per heavy atom. The highest BCUT2D eigenvalue weighted by molar-refractivity contribution is 7.19. The molecule has 0 radical (unpaired) electrons. The first kappa shape index (κ1) is 22.8. The minimum Gasteiger partial charge on any atom is -0.314 e. The summed E-state index contributed by atoms with van der Waals surface area (Å²) in [7, 11) is 0. The summed E-state index contributed by atoms with van der Waals surface area (Å²) in [6.45, 7) is 11.5. The number of piperazine rings is 1. The molecule has 1 aliphatic carbocycles. The van der Waals surface area contributed by atoms with E-state index in [2.05, 4.69) is 28.6 Å². The number of carbonyl (C=O) groups excluding carboxylic acids is 2. The predicted molar refractivity (Wildman–Crippen MR) is 137 cm³/mol. The molecule has 2 aliphatic heterocycles. The summed E-state index contributed by atoms with van der Waals surface area (Å²) in [5.41, 5.74) is 6.27. The Bertz CT molecular complexity index is 1330. The molecule has 3 aromatic rings. The van der Waals surface area contributed by atoms with Gasteiger partial charge >= 0.3 is 0 Å². The number of nitrogens with one attached hydrogen (secondary N) is 2. The number of amides is 2. The first-order valence-electron chi connectivity index (χ1n) is 12.4. The Morgan fingerprint density at radius 2 is 1.91 bits per heavy atom. The number of rotatable bonds is 5. The molecule has 8 heteroatoms. The molecule has 1 saturated carbocycles. The lowest BCUT2D eigenvalue weighted by atomic mass is 9.95. The minimum atomic E-state index is -0.187. The van der Waals surface area contributed by atoms with Crippen LogP contribution >= 0.6 is 11.3 Å². The SMILES string of the molecule is Cc1cc(C)c(CC2CNCCN2)c(-c2ccnc3cc(CN4C(=O)C5C(C4=O)C5(C)C)sc23)n1. The van der Waals surface area contributed by atoms with Crippen LogP contribution in [0, 0.1) is 31.1 Å². The van der Waals surface area contributed by atoms with Gasteiger partial charge in [-0.25, -0.2) is 0 Å². The number of hydrogen-bond donors (Lipinski definition) is 2. The van der Waals surface area contributed by atoms with E-state index in [1.54, 1.807) is 11.3 Å². The van der Waals surface area contributed by atoms with Gasteiger partial charge in [0.2, 0.25) is 11.8 Å². The maximum atomic E-state index is 12.9. The van der Waals surface area contributed by atoms with Crippen LogP contribution in [0.4, 0.5) is 0 Å². The fourth-order valence-corrected chi connectivity index (χ4v) is 7.13. The smallest absolute Gasteiger partial charge is 0.234 e. The van der Waals surface area contributed by atoms with E-state index < -0.39 is 0 Å². The van der Waals surface area contributed by atoms with Crippen molar-refractivity contribution in [3.8, 4) is 11.3 Å². The topological polar surface area (TPSA) is 87.2 Å². The van der Waals surface area contributed by atoms with Crippen LogP contribution < -0.4 is 10.6 Å². The number of pyridine rings is 2. The fourth-order valence-electron chi connectivity index (χ4n) is 6.02. The summed E-state index contributed by atoms with van der Waals surface area (Å²) in [6, 6.07) is 6.59. The lowest BCUT2D eigenvalue weighted by Gasteiger charge is -2.26. The second kappa shape index (κ2) is 8.18. The van der Waals surface area contributed by atoms with E-state index >= 15 is 0 Å². The second-order valence-electron chi connectivity index (χ2n) is 10.8. The molecule has 7 nitrogen and oxygen atoms in total. The molecule has 5 heterocycles. The average molecular weight is 490 g/mol. The number of piperidine rings is 1. The Balaban J connectivity index is 1.35.